The first-order chi connectivity index (χ1) is 11.3. The molecule has 1 aliphatic rings. The number of carbonyl (C=O) groups is 1. The number of hydrogen-bond donors (Lipinski definition) is 2. The molecule has 0 saturated carbocycles. The van der Waals surface area contributed by atoms with E-state index in [0.717, 1.165) is 10.7 Å². The zero-order chi connectivity index (χ0) is 17.4. The van der Waals surface area contributed by atoms with Crippen molar-refractivity contribution in [1.82, 2.24) is 25.1 Å². The molecule has 1 aliphatic heterocycles. The van der Waals surface area contributed by atoms with Crippen molar-refractivity contribution < 1.29 is 22.7 Å². The normalized spacial score (nSPS) is 21.2. The van der Waals surface area contributed by atoms with Crippen LogP contribution in [0.2, 0.25) is 0 Å². The number of aromatic nitrogens is 4. The number of halogens is 3. The second-order valence-corrected chi connectivity index (χ2v) is 5.70. The molecule has 1 atom stereocenters. The Hall–Kier alpha value is -2.36. The summed E-state index contributed by atoms with van der Waals surface area (Å²) in [5.74, 6) is 0.0957. The van der Waals surface area contributed by atoms with Crippen LogP contribution in [0.4, 0.5) is 13.2 Å². The van der Waals surface area contributed by atoms with Crippen molar-refractivity contribution >= 4 is 5.91 Å². The zero-order valence-corrected chi connectivity index (χ0v) is 12.9. The SMILES string of the molecule is Cc1cc(C(F)(F)F)nn1CC(=O)NC1(c2ncc[nH]2)CCOC1. The van der Waals surface area contributed by atoms with E-state index in [1.165, 1.54) is 6.92 Å². The van der Waals surface area contributed by atoms with Crippen molar-refractivity contribution in [1.29, 1.82) is 0 Å². The Morgan fingerprint density at radius 3 is 2.88 bits per heavy atom. The molecule has 0 bridgehead atoms. The van der Waals surface area contributed by atoms with Gasteiger partial charge in [-0.25, -0.2) is 4.98 Å². The summed E-state index contributed by atoms with van der Waals surface area (Å²) < 4.78 is 44.5. The number of carbonyl (C=O) groups excluding carboxylic acids is 1. The fraction of sp³-hybridized carbons (Fsp3) is 0.500. The molecule has 2 aromatic heterocycles. The molecular weight excluding hydrogens is 327 g/mol. The average molecular weight is 343 g/mol. The number of imidazole rings is 1. The maximum absolute atomic E-state index is 12.7. The lowest BCUT2D eigenvalue weighted by molar-refractivity contribution is -0.141. The van der Waals surface area contributed by atoms with E-state index in [-0.39, 0.29) is 18.8 Å². The molecule has 7 nitrogen and oxygen atoms in total. The number of H-pyrrole nitrogens is 1. The van der Waals surface area contributed by atoms with Gasteiger partial charge >= 0.3 is 6.18 Å². The number of ether oxygens (including phenoxy) is 1. The van der Waals surface area contributed by atoms with Gasteiger partial charge in [0.25, 0.3) is 0 Å². The molecule has 0 aromatic carbocycles. The van der Waals surface area contributed by atoms with E-state index in [1.807, 2.05) is 0 Å². The molecule has 1 unspecified atom stereocenters. The molecule has 3 rings (SSSR count). The molecule has 24 heavy (non-hydrogen) atoms. The fourth-order valence-corrected chi connectivity index (χ4v) is 2.69. The van der Waals surface area contributed by atoms with Gasteiger partial charge in [0.2, 0.25) is 5.91 Å². The fourth-order valence-electron chi connectivity index (χ4n) is 2.69. The smallest absolute Gasteiger partial charge is 0.378 e. The van der Waals surface area contributed by atoms with Gasteiger partial charge in [-0.1, -0.05) is 0 Å². The van der Waals surface area contributed by atoms with Crippen LogP contribution in [0, 0.1) is 6.92 Å². The van der Waals surface area contributed by atoms with Crippen molar-refractivity contribution in [3.63, 3.8) is 0 Å². The number of nitrogens with one attached hydrogen (secondary N) is 2. The predicted molar refractivity (Wildman–Crippen MR) is 75.8 cm³/mol. The van der Waals surface area contributed by atoms with E-state index in [4.69, 9.17) is 4.74 Å². The number of aryl methyl sites for hydroxylation is 1. The van der Waals surface area contributed by atoms with Gasteiger partial charge in [0.05, 0.1) is 6.61 Å². The highest BCUT2D eigenvalue weighted by molar-refractivity contribution is 5.76. The minimum Gasteiger partial charge on any atom is -0.378 e. The van der Waals surface area contributed by atoms with Crippen LogP contribution in [0.3, 0.4) is 0 Å². The molecule has 2 N–H and O–H groups in total. The van der Waals surface area contributed by atoms with Crippen LogP contribution in [0.5, 0.6) is 0 Å². The van der Waals surface area contributed by atoms with Gasteiger partial charge in [-0.2, -0.15) is 18.3 Å². The number of rotatable bonds is 4. The predicted octanol–water partition coefficient (Wildman–Crippen LogP) is 1.37. The van der Waals surface area contributed by atoms with Gasteiger partial charge in [0.15, 0.2) is 5.69 Å². The first-order valence-corrected chi connectivity index (χ1v) is 7.30. The summed E-state index contributed by atoms with van der Waals surface area (Å²) in [6, 6.07) is 0.911. The number of alkyl halides is 3. The van der Waals surface area contributed by atoms with Crippen LogP contribution in [0.1, 0.15) is 23.6 Å². The summed E-state index contributed by atoms with van der Waals surface area (Å²) in [5, 5.41) is 6.28. The van der Waals surface area contributed by atoms with Crippen molar-refractivity contribution in [3.8, 4) is 0 Å². The summed E-state index contributed by atoms with van der Waals surface area (Å²) in [4.78, 5) is 19.4. The summed E-state index contributed by atoms with van der Waals surface area (Å²) in [5.41, 5.74) is -1.56. The standard InChI is InChI=1S/C14H16F3N5O2/c1-9-6-10(14(15,16)17)21-22(9)7-11(23)20-13(2-5-24-8-13)12-18-3-4-19-12/h3-4,6H,2,5,7-8H2,1H3,(H,18,19)(H,20,23). The van der Waals surface area contributed by atoms with Gasteiger partial charge in [-0.15, -0.1) is 0 Å². The molecule has 0 spiro atoms. The van der Waals surface area contributed by atoms with E-state index in [9.17, 15) is 18.0 Å². The van der Waals surface area contributed by atoms with Gasteiger partial charge in [-0.05, 0) is 13.0 Å². The lowest BCUT2D eigenvalue weighted by Crippen LogP contribution is -2.48. The van der Waals surface area contributed by atoms with Gasteiger partial charge in [0.1, 0.15) is 17.9 Å². The highest BCUT2D eigenvalue weighted by Crippen LogP contribution is 2.29. The zero-order valence-electron chi connectivity index (χ0n) is 12.9. The monoisotopic (exact) mass is 343 g/mol. The van der Waals surface area contributed by atoms with Crippen molar-refractivity contribution in [2.45, 2.75) is 31.6 Å². The number of aromatic amines is 1. The Balaban J connectivity index is 1.75. The maximum Gasteiger partial charge on any atom is 0.435 e. The van der Waals surface area contributed by atoms with Crippen LogP contribution in [-0.4, -0.2) is 38.9 Å². The van der Waals surface area contributed by atoms with Crippen LogP contribution in [0.25, 0.3) is 0 Å². The molecule has 0 aliphatic carbocycles. The Bertz CT molecular complexity index is 717. The van der Waals surface area contributed by atoms with Crippen LogP contribution < -0.4 is 5.32 Å². The van der Waals surface area contributed by atoms with Crippen LogP contribution in [-0.2, 0) is 27.8 Å². The van der Waals surface area contributed by atoms with Crippen LogP contribution >= 0.6 is 0 Å². The van der Waals surface area contributed by atoms with E-state index in [1.54, 1.807) is 12.4 Å². The van der Waals surface area contributed by atoms with E-state index < -0.39 is 23.3 Å². The molecule has 1 amide bonds. The molecule has 2 aromatic rings. The van der Waals surface area contributed by atoms with E-state index >= 15 is 0 Å². The molecule has 0 radical (unpaired) electrons. The minimum atomic E-state index is -4.54. The quantitative estimate of drug-likeness (QED) is 0.878. The minimum absolute atomic E-state index is 0.248. The first kappa shape index (κ1) is 16.5. The van der Waals surface area contributed by atoms with E-state index in [0.29, 0.717) is 18.9 Å². The molecule has 10 heteroatoms. The third kappa shape index (κ3) is 3.14. The Labute approximate surface area is 135 Å². The highest BCUT2D eigenvalue weighted by atomic mass is 19.4. The average Bonchev–Trinajstić information content (AvgIpc) is 3.20. The third-order valence-corrected chi connectivity index (χ3v) is 3.92. The second kappa shape index (κ2) is 5.93. The molecule has 1 fully saturated rings. The van der Waals surface area contributed by atoms with Gasteiger partial charge < -0.3 is 15.0 Å². The summed E-state index contributed by atoms with van der Waals surface area (Å²) in [7, 11) is 0. The van der Waals surface area contributed by atoms with Gasteiger partial charge in [-0.3, -0.25) is 9.48 Å². The van der Waals surface area contributed by atoms with Crippen LogP contribution in [0.15, 0.2) is 18.5 Å². The number of hydrogen-bond acceptors (Lipinski definition) is 4. The summed E-state index contributed by atoms with van der Waals surface area (Å²) >= 11 is 0. The molecule has 1 saturated heterocycles. The topological polar surface area (TPSA) is 84.8 Å². The highest BCUT2D eigenvalue weighted by Gasteiger charge is 2.41. The Morgan fingerprint density at radius 2 is 2.33 bits per heavy atom. The molecular formula is C14H16F3N5O2. The van der Waals surface area contributed by atoms with Crippen molar-refractivity contribution in [2.24, 2.45) is 0 Å². The summed E-state index contributed by atoms with van der Waals surface area (Å²) in [6.45, 7) is 1.86. The third-order valence-electron chi connectivity index (χ3n) is 3.92. The van der Waals surface area contributed by atoms with Crippen molar-refractivity contribution in [3.05, 3.63) is 35.7 Å². The molecule has 130 valence electrons. The van der Waals surface area contributed by atoms with Crippen molar-refractivity contribution in [2.75, 3.05) is 13.2 Å². The summed E-state index contributed by atoms with van der Waals surface area (Å²) in [6.07, 6.45) is -0.817. The van der Waals surface area contributed by atoms with E-state index in [2.05, 4.69) is 20.4 Å². The largest absolute Gasteiger partial charge is 0.435 e. The Morgan fingerprint density at radius 1 is 1.54 bits per heavy atom. The Kier molecular flexibility index (Phi) is 4.08. The first-order valence-electron chi connectivity index (χ1n) is 7.30. The number of nitrogens with zero attached hydrogens (tertiary/aromatic N) is 3. The second-order valence-electron chi connectivity index (χ2n) is 5.70. The number of amides is 1. The lowest BCUT2D eigenvalue weighted by Gasteiger charge is -2.26. The molecule has 3 heterocycles. The van der Waals surface area contributed by atoms with Gasteiger partial charge in [0, 0.05) is 31.1 Å². The lowest BCUT2D eigenvalue weighted by atomic mass is 9.97. The maximum atomic E-state index is 12.7.